The van der Waals surface area contributed by atoms with Crippen LogP contribution >= 0.6 is 0 Å². The van der Waals surface area contributed by atoms with E-state index in [1.807, 2.05) is 36.4 Å². The number of nitrogens with one attached hydrogen (secondary N) is 1. The van der Waals surface area contributed by atoms with E-state index in [1.54, 1.807) is 6.08 Å². The maximum Gasteiger partial charge on any atom is 0.328 e. The van der Waals surface area contributed by atoms with Gasteiger partial charge in [0.15, 0.2) is 0 Å². The Morgan fingerprint density at radius 2 is 1.51 bits per heavy atom. The summed E-state index contributed by atoms with van der Waals surface area (Å²) in [6.45, 7) is 5.21. The van der Waals surface area contributed by atoms with Crippen LogP contribution in [-0.2, 0) is 17.6 Å². The van der Waals surface area contributed by atoms with Crippen molar-refractivity contribution >= 4 is 17.8 Å². The summed E-state index contributed by atoms with van der Waals surface area (Å²) >= 11 is 0. The Labute approximate surface area is 211 Å². The van der Waals surface area contributed by atoms with E-state index in [1.165, 1.54) is 50.5 Å². The van der Waals surface area contributed by atoms with Gasteiger partial charge in [0.1, 0.15) is 5.75 Å². The SMILES string of the molecule is CCCCCCCCCCOc1ccc(CC(=N)CC(C)Cc2ccc(C=CC(=O)O)cc2)cc1. The van der Waals surface area contributed by atoms with Crippen LogP contribution in [0, 0.1) is 11.3 Å². The molecule has 1 atom stereocenters. The zero-order chi connectivity index (χ0) is 25.3. The molecule has 0 spiro atoms. The van der Waals surface area contributed by atoms with Crippen LogP contribution in [0.25, 0.3) is 6.08 Å². The highest BCUT2D eigenvalue weighted by atomic mass is 16.5. The van der Waals surface area contributed by atoms with E-state index in [4.69, 9.17) is 15.3 Å². The van der Waals surface area contributed by atoms with Crippen LogP contribution in [0.5, 0.6) is 5.75 Å². The average Bonchev–Trinajstić information content (AvgIpc) is 2.83. The van der Waals surface area contributed by atoms with E-state index in [2.05, 4.69) is 26.0 Å². The summed E-state index contributed by atoms with van der Waals surface area (Å²) in [6.07, 6.45) is 15.5. The summed E-state index contributed by atoms with van der Waals surface area (Å²) in [5.41, 5.74) is 3.97. The van der Waals surface area contributed by atoms with Crippen molar-refractivity contribution in [3.8, 4) is 5.75 Å². The van der Waals surface area contributed by atoms with Gasteiger partial charge in [0.25, 0.3) is 0 Å². The van der Waals surface area contributed by atoms with Gasteiger partial charge >= 0.3 is 5.97 Å². The molecule has 0 amide bonds. The second-order valence-electron chi connectivity index (χ2n) is 9.67. The highest BCUT2D eigenvalue weighted by Gasteiger charge is 2.09. The monoisotopic (exact) mass is 477 g/mol. The predicted octanol–water partition coefficient (Wildman–Crippen LogP) is 8.14. The molecule has 0 aliphatic heterocycles. The molecule has 0 heterocycles. The van der Waals surface area contributed by atoms with Crippen LogP contribution in [0.1, 0.15) is 88.3 Å². The van der Waals surface area contributed by atoms with E-state index >= 15 is 0 Å². The topological polar surface area (TPSA) is 70.4 Å². The number of ether oxygens (including phenoxy) is 1. The van der Waals surface area contributed by atoms with Crippen molar-refractivity contribution in [3.63, 3.8) is 0 Å². The number of hydrogen-bond donors (Lipinski definition) is 2. The van der Waals surface area contributed by atoms with Crippen molar-refractivity contribution in [3.05, 3.63) is 71.3 Å². The largest absolute Gasteiger partial charge is 0.494 e. The minimum Gasteiger partial charge on any atom is -0.494 e. The second kappa shape index (κ2) is 16.7. The maximum absolute atomic E-state index is 10.6. The number of unbranched alkanes of at least 4 members (excludes halogenated alkanes) is 7. The average molecular weight is 478 g/mol. The van der Waals surface area contributed by atoms with Crippen LogP contribution in [-0.4, -0.2) is 23.4 Å². The first-order valence-corrected chi connectivity index (χ1v) is 13.2. The van der Waals surface area contributed by atoms with E-state index in [0.717, 1.165) is 54.5 Å². The highest BCUT2D eigenvalue weighted by molar-refractivity contribution is 5.85. The van der Waals surface area contributed by atoms with Crippen LogP contribution in [0.2, 0.25) is 0 Å². The smallest absolute Gasteiger partial charge is 0.328 e. The zero-order valence-electron chi connectivity index (χ0n) is 21.6. The molecule has 0 radical (unpaired) electrons. The van der Waals surface area contributed by atoms with Crippen LogP contribution in [0.4, 0.5) is 0 Å². The predicted molar refractivity (Wildman–Crippen MR) is 147 cm³/mol. The summed E-state index contributed by atoms with van der Waals surface area (Å²) in [6, 6.07) is 16.1. The molecular weight excluding hydrogens is 434 g/mol. The number of carboxylic acids is 1. The van der Waals surface area contributed by atoms with Gasteiger partial charge in [0.2, 0.25) is 0 Å². The van der Waals surface area contributed by atoms with Gasteiger partial charge in [0, 0.05) is 18.2 Å². The molecule has 2 aromatic rings. The number of aliphatic carboxylic acids is 1. The van der Waals surface area contributed by atoms with E-state index in [-0.39, 0.29) is 0 Å². The summed E-state index contributed by atoms with van der Waals surface area (Å²) in [5, 5.41) is 17.2. The lowest BCUT2D eigenvalue weighted by Crippen LogP contribution is -2.10. The third kappa shape index (κ3) is 13.0. The Hall–Kier alpha value is -2.88. The minimum atomic E-state index is -0.942. The third-order valence-corrected chi connectivity index (χ3v) is 6.18. The Kier molecular flexibility index (Phi) is 13.5. The Bertz CT molecular complexity index is 900. The lowest BCUT2D eigenvalue weighted by atomic mass is 9.93. The molecule has 4 nitrogen and oxygen atoms in total. The molecule has 0 saturated heterocycles. The Morgan fingerprint density at radius 3 is 2.14 bits per heavy atom. The van der Waals surface area contributed by atoms with Gasteiger partial charge in [-0.15, -0.1) is 0 Å². The number of carbonyl (C=O) groups is 1. The lowest BCUT2D eigenvalue weighted by Gasteiger charge is -2.13. The van der Waals surface area contributed by atoms with E-state index in [9.17, 15) is 4.79 Å². The van der Waals surface area contributed by atoms with Gasteiger partial charge < -0.3 is 15.3 Å². The van der Waals surface area contributed by atoms with E-state index in [0.29, 0.717) is 12.3 Å². The summed E-state index contributed by atoms with van der Waals surface area (Å²) in [7, 11) is 0. The fourth-order valence-electron chi connectivity index (χ4n) is 4.28. The lowest BCUT2D eigenvalue weighted by molar-refractivity contribution is -0.131. The first-order valence-electron chi connectivity index (χ1n) is 13.2. The van der Waals surface area contributed by atoms with Crippen molar-refractivity contribution in [2.24, 2.45) is 5.92 Å². The maximum atomic E-state index is 10.6. The molecular formula is C31H43NO3. The zero-order valence-corrected chi connectivity index (χ0v) is 21.6. The number of hydrogen-bond acceptors (Lipinski definition) is 3. The van der Waals surface area contributed by atoms with E-state index < -0.39 is 5.97 Å². The fourth-order valence-corrected chi connectivity index (χ4v) is 4.28. The van der Waals surface area contributed by atoms with Gasteiger partial charge in [0.05, 0.1) is 6.61 Å². The fraction of sp³-hybridized carbons (Fsp3) is 0.484. The van der Waals surface area contributed by atoms with Crippen LogP contribution < -0.4 is 4.74 Å². The quantitative estimate of drug-likeness (QED) is 0.129. The highest BCUT2D eigenvalue weighted by Crippen LogP contribution is 2.18. The molecule has 0 aliphatic carbocycles. The standard InChI is InChI=1S/C31H43NO3/c1-3-4-5-6-7-8-9-10-21-35-30-18-15-28(16-19-30)24-29(32)23-25(2)22-27-13-11-26(12-14-27)17-20-31(33)34/h11-20,25,32H,3-10,21-24H2,1-2H3,(H,33,34). The molecule has 2 aromatic carbocycles. The Balaban J connectivity index is 1.64. The third-order valence-electron chi connectivity index (χ3n) is 6.18. The first kappa shape index (κ1) is 28.4. The van der Waals surface area contributed by atoms with Crippen LogP contribution in [0.15, 0.2) is 54.6 Å². The molecule has 35 heavy (non-hydrogen) atoms. The van der Waals surface area contributed by atoms with Crippen molar-refractivity contribution in [1.29, 1.82) is 5.41 Å². The van der Waals surface area contributed by atoms with Crippen molar-refractivity contribution < 1.29 is 14.6 Å². The van der Waals surface area contributed by atoms with Gasteiger partial charge in [-0.05, 0) is 60.1 Å². The number of carboxylic acid groups (broad SMARTS) is 1. The minimum absolute atomic E-state index is 0.372. The normalized spacial score (nSPS) is 12.1. The number of rotatable bonds is 18. The molecule has 0 saturated carbocycles. The molecule has 2 rings (SSSR count). The molecule has 2 N–H and O–H groups in total. The van der Waals surface area contributed by atoms with Gasteiger partial charge in [-0.1, -0.05) is 95.2 Å². The summed E-state index contributed by atoms with van der Waals surface area (Å²) < 4.78 is 5.89. The van der Waals surface area contributed by atoms with Gasteiger partial charge in [-0.25, -0.2) is 4.79 Å². The molecule has 190 valence electrons. The Morgan fingerprint density at radius 1 is 0.914 bits per heavy atom. The summed E-state index contributed by atoms with van der Waals surface area (Å²) in [5.74, 6) is 0.345. The first-order chi connectivity index (χ1) is 17.0. The van der Waals surface area contributed by atoms with Crippen molar-refractivity contribution in [2.45, 2.75) is 84.5 Å². The summed E-state index contributed by atoms with van der Waals surface area (Å²) in [4.78, 5) is 10.6. The van der Waals surface area contributed by atoms with Gasteiger partial charge in [-0.2, -0.15) is 0 Å². The second-order valence-corrected chi connectivity index (χ2v) is 9.67. The van der Waals surface area contributed by atoms with Crippen molar-refractivity contribution in [2.75, 3.05) is 6.61 Å². The number of benzene rings is 2. The van der Waals surface area contributed by atoms with Crippen LogP contribution in [0.3, 0.4) is 0 Å². The molecule has 0 bridgehead atoms. The molecule has 0 aromatic heterocycles. The molecule has 0 fully saturated rings. The molecule has 1 unspecified atom stereocenters. The molecule has 0 aliphatic rings. The molecule has 4 heteroatoms. The van der Waals surface area contributed by atoms with Crippen molar-refractivity contribution in [1.82, 2.24) is 0 Å². The van der Waals surface area contributed by atoms with Gasteiger partial charge in [-0.3, -0.25) is 0 Å².